The molecule has 0 aliphatic carbocycles. The fraction of sp³-hybridized carbons (Fsp3) is 0.524. The third-order valence-electron chi connectivity index (χ3n) is 3.81. The number of fused-ring (bicyclic) bond motifs is 1. The van der Waals surface area contributed by atoms with Crippen LogP contribution in [0.15, 0.2) is 9.79 Å². The Labute approximate surface area is 256 Å². The quantitative estimate of drug-likeness (QED) is 0.288. The fourth-order valence-corrected chi connectivity index (χ4v) is 2.39. The molecule has 4 N–H and O–H groups in total. The Kier molecular flexibility index (Phi) is 25.9. The first-order chi connectivity index (χ1) is 16.0. The van der Waals surface area contributed by atoms with Crippen molar-refractivity contribution in [2.75, 3.05) is 32.2 Å². The minimum atomic E-state index is -0.586. The van der Waals surface area contributed by atoms with Gasteiger partial charge in [0.05, 0.1) is 24.7 Å². The maximum Gasteiger partial charge on any atom is 0.347 e. The van der Waals surface area contributed by atoms with Crippen LogP contribution in [0.4, 0.5) is 10.7 Å². The molecule has 1 aliphatic heterocycles. The van der Waals surface area contributed by atoms with E-state index in [0.29, 0.717) is 50.4 Å². The number of aliphatic imine (C=N–C) groups is 1. The van der Waals surface area contributed by atoms with Gasteiger partial charge in [0.15, 0.2) is 5.95 Å². The van der Waals surface area contributed by atoms with Crippen LogP contribution >= 0.6 is 0 Å². The van der Waals surface area contributed by atoms with Crippen molar-refractivity contribution in [3.8, 4) is 0 Å². The third-order valence-corrected chi connectivity index (χ3v) is 3.81. The topological polar surface area (TPSA) is 167 Å². The van der Waals surface area contributed by atoms with Gasteiger partial charge in [-0.05, 0) is 26.5 Å². The standard InChI is InChI=1S/C9H12N5O2.C8H12N2O3.2C2H5.2Y/c1-2-16-4-3-14-7-6(5-11-14)8(15)13-9(10)12-7;1-2-13-4-3-6-5-9-8(12)10-7(6)11;2*1-2;;/h2-4H2,1H3,(H3,10,12,13,15);5-6H,2-4H2,1H3,(H,10,11,12);2*1H2,2H3;;/q-1;;2*-1;;. The molecule has 3 heterocycles. The van der Waals surface area contributed by atoms with E-state index >= 15 is 0 Å². The number of hydrogen-bond donors (Lipinski definition) is 3. The number of aromatic amines is 1. The Bertz CT molecular complexity index is 934. The summed E-state index contributed by atoms with van der Waals surface area (Å²) >= 11 is 0. The predicted molar refractivity (Wildman–Crippen MR) is 127 cm³/mol. The molecule has 0 spiro atoms. The van der Waals surface area contributed by atoms with E-state index in [0.717, 1.165) is 0 Å². The first-order valence-corrected chi connectivity index (χ1v) is 10.6. The molecule has 3 amide bonds. The first kappa shape index (κ1) is 38.6. The maximum absolute atomic E-state index is 11.5. The summed E-state index contributed by atoms with van der Waals surface area (Å²) in [5.41, 5.74) is 5.56. The monoisotopic (exact) mass is 642 g/mol. The Morgan fingerprint density at radius 2 is 1.69 bits per heavy atom. The number of hydrogen-bond acceptors (Lipinski definition) is 8. The maximum atomic E-state index is 11.5. The second-order valence-electron chi connectivity index (χ2n) is 5.85. The zero-order chi connectivity index (χ0) is 25.2. The van der Waals surface area contributed by atoms with Crippen molar-refractivity contribution in [1.29, 1.82) is 0 Å². The third kappa shape index (κ3) is 14.4. The molecular weight excluding hydrogens is 608 g/mol. The molecule has 12 nitrogen and oxygen atoms in total. The number of nitrogens with two attached hydrogens (primary N) is 1. The summed E-state index contributed by atoms with van der Waals surface area (Å²) in [6.07, 6.45) is 4.55. The Balaban J connectivity index is -0.000000495. The molecule has 0 saturated heterocycles. The van der Waals surface area contributed by atoms with E-state index in [4.69, 9.17) is 15.2 Å². The normalized spacial score (nSPS) is 13.5. The number of anilines is 1. The molecule has 0 bridgehead atoms. The average molecular weight is 642 g/mol. The summed E-state index contributed by atoms with van der Waals surface area (Å²) in [6.45, 7) is 16.6. The van der Waals surface area contributed by atoms with E-state index in [-0.39, 0.29) is 88.8 Å². The Morgan fingerprint density at radius 3 is 2.26 bits per heavy atom. The number of urea groups is 1. The summed E-state index contributed by atoms with van der Waals surface area (Å²) in [7, 11) is 0. The summed E-state index contributed by atoms with van der Waals surface area (Å²) in [6, 6.07) is -0.586. The van der Waals surface area contributed by atoms with Gasteiger partial charge in [-0.25, -0.2) is 9.79 Å². The number of amides is 3. The molecule has 3 rings (SSSR count). The first-order valence-electron chi connectivity index (χ1n) is 10.6. The smallest absolute Gasteiger partial charge is 0.347 e. The summed E-state index contributed by atoms with van der Waals surface area (Å²) < 4.78 is 11.8. The average Bonchev–Trinajstić information content (AvgIpc) is 3.22. The van der Waals surface area contributed by atoms with E-state index in [1.54, 1.807) is 18.5 Å². The number of rotatable bonds is 8. The van der Waals surface area contributed by atoms with Crippen molar-refractivity contribution < 1.29 is 84.5 Å². The Morgan fingerprint density at radius 1 is 1.09 bits per heavy atom. The molecule has 1 unspecified atom stereocenters. The van der Waals surface area contributed by atoms with Gasteiger partial charge in [0.25, 0.3) is 0 Å². The van der Waals surface area contributed by atoms with E-state index in [2.05, 4.69) is 45.4 Å². The molecule has 192 valence electrons. The predicted octanol–water partition coefficient (Wildman–Crippen LogP) is 1.56. The van der Waals surface area contributed by atoms with Crippen LogP contribution in [0.3, 0.4) is 0 Å². The van der Waals surface area contributed by atoms with Crippen LogP contribution in [0.5, 0.6) is 0 Å². The molecule has 0 fully saturated rings. The molecule has 0 saturated carbocycles. The van der Waals surface area contributed by atoms with E-state index in [1.165, 1.54) is 6.21 Å². The number of carbonyl (C=O) groups is 2. The van der Waals surface area contributed by atoms with Gasteiger partial charge in [-0.2, -0.15) is 13.8 Å². The van der Waals surface area contributed by atoms with Gasteiger partial charge in [-0.3, -0.25) is 20.2 Å². The molecular formula is C21H34N7O5Y2-3. The molecule has 14 heteroatoms. The number of nitrogens with one attached hydrogen (secondary N) is 2. The molecule has 35 heavy (non-hydrogen) atoms. The van der Waals surface area contributed by atoms with Crippen molar-refractivity contribution in [2.45, 2.75) is 40.7 Å². The fourth-order valence-electron chi connectivity index (χ4n) is 2.39. The SMILES string of the molecule is CCOCCC1C=NC(=O)NC1=O.CCOCCn1n[c-]c2c(=O)[nH]c(N)nc21.[CH2-]C.[CH2-]C.[Y].[Y]. The zero-order valence-corrected chi connectivity index (χ0v) is 26.6. The van der Waals surface area contributed by atoms with Crippen molar-refractivity contribution in [1.82, 2.24) is 25.1 Å². The number of aromatic nitrogens is 4. The van der Waals surface area contributed by atoms with Crippen LogP contribution in [0, 0.1) is 26.0 Å². The number of nitrogens with zero attached hydrogens (tertiary/aromatic N) is 4. The summed E-state index contributed by atoms with van der Waals surface area (Å²) in [5, 5.41) is 6.38. The summed E-state index contributed by atoms with van der Waals surface area (Å²) in [4.78, 5) is 43.0. The van der Waals surface area contributed by atoms with Crippen LogP contribution in [0.1, 0.15) is 34.1 Å². The van der Waals surface area contributed by atoms with Crippen LogP contribution < -0.4 is 16.6 Å². The molecule has 1 aliphatic rings. The number of carbonyl (C=O) groups excluding carboxylic acids is 2. The van der Waals surface area contributed by atoms with Crippen molar-refractivity contribution in [2.24, 2.45) is 10.9 Å². The van der Waals surface area contributed by atoms with Gasteiger partial charge in [0.1, 0.15) is 5.56 Å². The number of nitrogen functional groups attached to an aromatic ring is 1. The van der Waals surface area contributed by atoms with E-state index in [1.807, 2.05) is 13.8 Å². The molecule has 0 aromatic carbocycles. The molecule has 2 radical (unpaired) electrons. The molecule has 1 atom stereocenters. The van der Waals surface area contributed by atoms with Crippen LogP contribution in [0.25, 0.3) is 11.0 Å². The van der Waals surface area contributed by atoms with Gasteiger partial charge in [-0.15, -0.1) is 0 Å². The number of imide groups is 1. The van der Waals surface area contributed by atoms with Crippen molar-refractivity contribution in [3.05, 3.63) is 30.4 Å². The minimum absolute atomic E-state index is 0. The van der Waals surface area contributed by atoms with Gasteiger partial charge in [0, 0.05) is 91.5 Å². The largest absolute Gasteiger partial charge is 0.382 e. The van der Waals surface area contributed by atoms with Crippen LogP contribution in [-0.4, -0.2) is 64.3 Å². The van der Waals surface area contributed by atoms with Crippen LogP contribution in [-0.2, 0) is 86.2 Å². The number of ether oxygens (including phenoxy) is 2. The van der Waals surface area contributed by atoms with Gasteiger partial charge in [-0.1, -0.05) is 5.39 Å². The molecule has 2 aromatic heterocycles. The van der Waals surface area contributed by atoms with Gasteiger partial charge in [0.2, 0.25) is 5.91 Å². The van der Waals surface area contributed by atoms with Crippen molar-refractivity contribution >= 4 is 35.1 Å². The Hall–Kier alpha value is -0.912. The minimum Gasteiger partial charge on any atom is -0.382 e. The second-order valence-corrected chi connectivity index (χ2v) is 5.85. The summed E-state index contributed by atoms with van der Waals surface area (Å²) in [5.74, 6) is -0.548. The van der Waals surface area contributed by atoms with E-state index in [9.17, 15) is 14.4 Å². The second kappa shape index (κ2) is 23.5. The van der Waals surface area contributed by atoms with Gasteiger partial charge >= 0.3 is 6.03 Å². The molecule has 2 aromatic rings. The van der Waals surface area contributed by atoms with E-state index < -0.39 is 6.03 Å². The van der Waals surface area contributed by atoms with Gasteiger partial charge < -0.3 is 43.5 Å². The van der Waals surface area contributed by atoms with Crippen LogP contribution in [0.2, 0.25) is 0 Å². The van der Waals surface area contributed by atoms with Crippen molar-refractivity contribution in [3.63, 3.8) is 0 Å². The zero-order valence-electron chi connectivity index (χ0n) is 20.9. The number of H-pyrrole nitrogens is 1.